The average molecular weight is 370 g/mol. The van der Waals surface area contributed by atoms with Gasteiger partial charge in [0.05, 0.1) is 0 Å². The van der Waals surface area contributed by atoms with E-state index >= 15 is 0 Å². The third kappa shape index (κ3) is 4.54. The summed E-state index contributed by atoms with van der Waals surface area (Å²) in [6, 6.07) is 16.5. The number of hydrogen-bond donors (Lipinski definition) is 0. The van der Waals surface area contributed by atoms with Gasteiger partial charge in [0, 0.05) is 0 Å². The molecule has 1 radical (unpaired) electrons. The molecule has 1 saturated heterocycles. The summed E-state index contributed by atoms with van der Waals surface area (Å²) >= 11 is 6.25. The van der Waals surface area contributed by atoms with E-state index in [2.05, 4.69) is 16.9 Å². The first-order valence-electron chi connectivity index (χ1n) is 7.87. The molecular formula is C18H17ClF3OSi. The number of rotatable bonds is 3. The molecule has 0 aliphatic carbocycles. The maximum atomic E-state index is 12.2. The lowest BCUT2D eigenvalue weighted by Crippen LogP contribution is -2.16. The third-order valence-corrected chi connectivity index (χ3v) is 7.13. The molecule has 6 heteroatoms. The van der Waals surface area contributed by atoms with Crippen molar-refractivity contribution in [3.63, 3.8) is 0 Å². The largest absolute Gasteiger partial charge is 0.573 e. The van der Waals surface area contributed by atoms with E-state index in [-0.39, 0.29) is 5.75 Å². The molecule has 0 atom stereocenters. The van der Waals surface area contributed by atoms with Crippen LogP contribution in [0.4, 0.5) is 13.2 Å². The van der Waals surface area contributed by atoms with Gasteiger partial charge in [-0.1, -0.05) is 36.4 Å². The van der Waals surface area contributed by atoms with Gasteiger partial charge in [0.15, 0.2) is 8.11 Å². The number of benzene rings is 2. The van der Waals surface area contributed by atoms with Crippen molar-refractivity contribution in [2.24, 2.45) is 0 Å². The first kappa shape index (κ1) is 17.4. The molecule has 0 bridgehead atoms. The Kier molecular flexibility index (Phi) is 5.20. The van der Waals surface area contributed by atoms with Gasteiger partial charge in [-0.25, -0.2) is 0 Å². The van der Waals surface area contributed by atoms with Gasteiger partial charge in [-0.3, -0.25) is 0 Å². The summed E-state index contributed by atoms with van der Waals surface area (Å²) in [7, 11) is -0.620. The monoisotopic (exact) mass is 369 g/mol. The highest BCUT2D eigenvalue weighted by Crippen LogP contribution is 2.35. The lowest BCUT2D eigenvalue weighted by atomic mass is 9.92. The fourth-order valence-electron chi connectivity index (χ4n) is 3.06. The summed E-state index contributed by atoms with van der Waals surface area (Å²) in [6.07, 6.45) is -2.35. The van der Waals surface area contributed by atoms with Gasteiger partial charge in [0.25, 0.3) is 0 Å². The first-order valence-corrected chi connectivity index (χ1v) is 10.8. The van der Waals surface area contributed by atoms with Crippen molar-refractivity contribution in [3.05, 3.63) is 54.1 Å². The SMILES string of the molecule is FC(F)(F)Oc1ccc(-c2ccc(C3CC[Si](Cl)CC3)cc2)cc1. The van der Waals surface area contributed by atoms with Crippen LogP contribution in [0.2, 0.25) is 12.1 Å². The van der Waals surface area contributed by atoms with Gasteiger partial charge >= 0.3 is 6.36 Å². The van der Waals surface area contributed by atoms with Gasteiger partial charge in [0.2, 0.25) is 0 Å². The molecule has 0 spiro atoms. The second kappa shape index (κ2) is 7.19. The van der Waals surface area contributed by atoms with Crippen LogP contribution in [0.5, 0.6) is 5.75 Å². The predicted octanol–water partition coefficient (Wildman–Crippen LogP) is 6.36. The molecule has 24 heavy (non-hydrogen) atoms. The molecule has 1 heterocycles. The van der Waals surface area contributed by atoms with Crippen LogP contribution < -0.4 is 4.74 Å². The van der Waals surface area contributed by atoms with Crippen LogP contribution in [0.15, 0.2) is 48.5 Å². The second-order valence-electron chi connectivity index (χ2n) is 5.99. The summed E-state index contributed by atoms with van der Waals surface area (Å²) in [5, 5.41) is 0. The lowest BCUT2D eigenvalue weighted by Gasteiger charge is -2.24. The zero-order chi connectivity index (χ0) is 17.2. The number of halogens is 4. The zero-order valence-electron chi connectivity index (χ0n) is 12.9. The Balaban J connectivity index is 1.69. The Morgan fingerprint density at radius 2 is 1.38 bits per heavy atom. The smallest absolute Gasteiger partial charge is 0.406 e. The predicted molar refractivity (Wildman–Crippen MR) is 91.8 cm³/mol. The molecule has 127 valence electrons. The molecule has 0 N–H and O–H groups in total. The van der Waals surface area contributed by atoms with E-state index in [0.29, 0.717) is 5.92 Å². The summed E-state index contributed by atoms with van der Waals surface area (Å²) in [5.41, 5.74) is 3.17. The van der Waals surface area contributed by atoms with E-state index in [4.69, 9.17) is 11.1 Å². The van der Waals surface area contributed by atoms with Gasteiger partial charge in [-0.15, -0.1) is 13.2 Å². The van der Waals surface area contributed by atoms with E-state index in [1.165, 1.54) is 17.7 Å². The number of hydrogen-bond acceptors (Lipinski definition) is 1. The second-order valence-corrected chi connectivity index (χ2v) is 9.62. The van der Waals surface area contributed by atoms with Crippen molar-refractivity contribution in [2.45, 2.75) is 37.2 Å². The van der Waals surface area contributed by atoms with Crippen molar-refractivity contribution < 1.29 is 17.9 Å². The molecule has 1 fully saturated rings. The quantitative estimate of drug-likeness (QED) is 0.451. The Bertz CT molecular complexity index is 662. The molecule has 0 aromatic heterocycles. The molecule has 0 unspecified atom stereocenters. The summed E-state index contributed by atoms with van der Waals surface area (Å²) in [4.78, 5) is 0. The zero-order valence-corrected chi connectivity index (χ0v) is 14.7. The van der Waals surface area contributed by atoms with Gasteiger partial charge in [-0.2, -0.15) is 11.1 Å². The molecule has 2 aromatic carbocycles. The van der Waals surface area contributed by atoms with Crippen LogP contribution in [0.3, 0.4) is 0 Å². The molecule has 0 saturated carbocycles. The molecule has 1 aliphatic heterocycles. The van der Waals surface area contributed by atoms with Crippen molar-refractivity contribution >= 4 is 19.2 Å². The van der Waals surface area contributed by atoms with E-state index < -0.39 is 14.5 Å². The maximum Gasteiger partial charge on any atom is 0.573 e. The van der Waals surface area contributed by atoms with Gasteiger partial charge in [0.1, 0.15) is 5.75 Å². The number of alkyl halides is 3. The van der Waals surface area contributed by atoms with Crippen molar-refractivity contribution in [3.8, 4) is 16.9 Å². The standard InChI is InChI=1S/C18H17ClF3OSi/c19-24-11-9-16(10-12-24)14-3-1-13(2-4-14)15-5-7-17(8-6-15)23-18(20,21)22/h1-8,16H,9-12H2. The first-order chi connectivity index (χ1) is 11.4. The van der Waals surface area contributed by atoms with Crippen molar-refractivity contribution in [1.82, 2.24) is 0 Å². The molecule has 1 nitrogen and oxygen atoms in total. The van der Waals surface area contributed by atoms with Crippen LogP contribution in [0.1, 0.15) is 24.3 Å². The Morgan fingerprint density at radius 3 is 1.88 bits per heavy atom. The minimum Gasteiger partial charge on any atom is -0.406 e. The third-order valence-electron chi connectivity index (χ3n) is 4.33. The Labute approximate surface area is 145 Å². The number of ether oxygens (including phenoxy) is 1. The minimum atomic E-state index is -4.66. The fourth-order valence-corrected chi connectivity index (χ4v) is 5.29. The van der Waals surface area contributed by atoms with Crippen LogP contribution in [-0.4, -0.2) is 14.5 Å². The summed E-state index contributed by atoms with van der Waals surface area (Å²) < 4.78 is 40.4. The molecule has 1 aliphatic rings. The summed E-state index contributed by atoms with van der Waals surface area (Å²) in [6.45, 7) is 0. The van der Waals surface area contributed by atoms with Gasteiger partial charge < -0.3 is 4.74 Å². The van der Waals surface area contributed by atoms with Crippen LogP contribution in [0, 0.1) is 0 Å². The van der Waals surface area contributed by atoms with E-state index in [9.17, 15) is 13.2 Å². The van der Waals surface area contributed by atoms with Crippen LogP contribution >= 0.6 is 11.1 Å². The fraction of sp³-hybridized carbons (Fsp3) is 0.333. The normalized spacial score (nSPS) is 17.0. The van der Waals surface area contributed by atoms with Crippen LogP contribution in [0.25, 0.3) is 11.1 Å². The Morgan fingerprint density at radius 1 is 0.875 bits per heavy atom. The Hall–Kier alpha value is -1.46. The van der Waals surface area contributed by atoms with E-state index in [0.717, 1.165) is 36.1 Å². The van der Waals surface area contributed by atoms with Crippen molar-refractivity contribution in [2.75, 3.05) is 0 Å². The highest BCUT2D eigenvalue weighted by molar-refractivity contribution is 7.07. The van der Waals surface area contributed by atoms with Gasteiger partial charge in [-0.05, 0) is 59.7 Å². The topological polar surface area (TPSA) is 9.23 Å². The van der Waals surface area contributed by atoms with Crippen molar-refractivity contribution in [1.29, 1.82) is 0 Å². The molecular weight excluding hydrogens is 353 g/mol. The van der Waals surface area contributed by atoms with E-state index in [1.54, 1.807) is 12.1 Å². The lowest BCUT2D eigenvalue weighted by molar-refractivity contribution is -0.274. The molecule has 3 rings (SSSR count). The highest BCUT2D eigenvalue weighted by Gasteiger charge is 2.31. The summed E-state index contributed by atoms with van der Waals surface area (Å²) in [5.74, 6) is 0.373. The average Bonchev–Trinajstić information content (AvgIpc) is 2.55. The minimum absolute atomic E-state index is 0.205. The van der Waals surface area contributed by atoms with E-state index in [1.807, 2.05) is 12.1 Å². The maximum absolute atomic E-state index is 12.2. The molecule has 0 amide bonds. The molecule has 2 aromatic rings. The highest BCUT2D eigenvalue weighted by atomic mass is 35.6. The van der Waals surface area contributed by atoms with Crippen LogP contribution in [-0.2, 0) is 0 Å².